The number of hydrogen-bond acceptors (Lipinski definition) is 4. The van der Waals surface area contributed by atoms with Crippen molar-refractivity contribution in [3.63, 3.8) is 0 Å². The van der Waals surface area contributed by atoms with E-state index in [1.165, 1.54) is 31.2 Å². The van der Waals surface area contributed by atoms with Crippen LogP contribution in [-0.4, -0.2) is 24.6 Å². The first-order valence-corrected chi connectivity index (χ1v) is 7.95. The van der Waals surface area contributed by atoms with Crippen molar-refractivity contribution in [3.8, 4) is 5.75 Å². The second kappa shape index (κ2) is 8.82. The summed E-state index contributed by atoms with van der Waals surface area (Å²) in [4.78, 5) is 23.7. The third-order valence-electron chi connectivity index (χ3n) is 3.45. The van der Waals surface area contributed by atoms with Gasteiger partial charge in [0.2, 0.25) is 0 Å². The monoisotopic (exact) mass is 345 g/mol. The van der Waals surface area contributed by atoms with E-state index in [-0.39, 0.29) is 0 Å². The molecule has 1 atom stereocenters. The predicted molar refractivity (Wildman–Crippen MR) is 91.9 cm³/mol. The Kier molecular flexibility index (Phi) is 6.51. The first-order valence-electron chi connectivity index (χ1n) is 7.95. The summed E-state index contributed by atoms with van der Waals surface area (Å²) in [5, 5.41) is 2.64. The van der Waals surface area contributed by atoms with Gasteiger partial charge in [0, 0.05) is 5.69 Å². The fraction of sp³-hybridized carbons (Fsp3) is 0.263. The van der Waals surface area contributed by atoms with Crippen LogP contribution >= 0.6 is 0 Å². The van der Waals surface area contributed by atoms with Crippen molar-refractivity contribution < 1.29 is 23.5 Å². The van der Waals surface area contributed by atoms with Gasteiger partial charge in [-0.3, -0.25) is 4.79 Å². The summed E-state index contributed by atoms with van der Waals surface area (Å²) in [5.74, 6) is -1.18. The normalized spacial score (nSPS) is 11.5. The lowest BCUT2D eigenvalue weighted by Gasteiger charge is -2.14. The zero-order chi connectivity index (χ0) is 18.2. The minimum absolute atomic E-state index is 0.339. The van der Waals surface area contributed by atoms with Crippen LogP contribution in [0.25, 0.3) is 0 Å². The average molecular weight is 345 g/mol. The van der Waals surface area contributed by atoms with Gasteiger partial charge < -0.3 is 14.8 Å². The van der Waals surface area contributed by atoms with Crippen LogP contribution in [0, 0.1) is 5.82 Å². The highest BCUT2D eigenvalue weighted by atomic mass is 19.1. The maximum absolute atomic E-state index is 12.8. The van der Waals surface area contributed by atoms with E-state index >= 15 is 0 Å². The molecule has 0 heterocycles. The lowest BCUT2D eigenvalue weighted by atomic mass is 10.1. The summed E-state index contributed by atoms with van der Waals surface area (Å²) in [6.07, 6.45) is -0.000256. The molecule has 1 amide bonds. The number of rotatable bonds is 7. The Labute approximate surface area is 145 Å². The van der Waals surface area contributed by atoms with Crippen molar-refractivity contribution in [2.75, 3.05) is 11.9 Å². The van der Waals surface area contributed by atoms with E-state index in [1.807, 2.05) is 19.1 Å². The summed E-state index contributed by atoms with van der Waals surface area (Å²) in [7, 11) is 0. The molecule has 2 aromatic rings. The van der Waals surface area contributed by atoms with Gasteiger partial charge in [-0.15, -0.1) is 0 Å². The molecule has 0 spiro atoms. The molecular weight excluding hydrogens is 325 g/mol. The summed E-state index contributed by atoms with van der Waals surface area (Å²) in [6, 6.07) is 12.7. The number of hydrogen-bond donors (Lipinski definition) is 1. The number of amides is 1. The molecule has 132 valence electrons. The third-order valence-corrected chi connectivity index (χ3v) is 3.45. The van der Waals surface area contributed by atoms with Crippen LogP contribution < -0.4 is 10.1 Å². The molecule has 0 aliphatic rings. The molecule has 0 unspecified atom stereocenters. The van der Waals surface area contributed by atoms with Crippen molar-refractivity contribution in [2.45, 2.75) is 26.4 Å². The van der Waals surface area contributed by atoms with Crippen LogP contribution in [0.5, 0.6) is 5.75 Å². The van der Waals surface area contributed by atoms with Gasteiger partial charge in [-0.25, -0.2) is 9.18 Å². The highest BCUT2D eigenvalue weighted by Gasteiger charge is 2.18. The van der Waals surface area contributed by atoms with Gasteiger partial charge in [0.1, 0.15) is 11.6 Å². The lowest BCUT2D eigenvalue weighted by molar-refractivity contribution is -0.153. The average Bonchev–Trinajstić information content (AvgIpc) is 2.62. The molecule has 0 bridgehead atoms. The smallest absolute Gasteiger partial charge is 0.347 e. The molecule has 0 saturated carbocycles. The van der Waals surface area contributed by atoms with Crippen LogP contribution in [0.4, 0.5) is 10.1 Å². The van der Waals surface area contributed by atoms with E-state index in [2.05, 4.69) is 5.32 Å². The number of esters is 1. The summed E-state index contributed by atoms with van der Waals surface area (Å²) < 4.78 is 23.1. The second-order valence-corrected chi connectivity index (χ2v) is 5.42. The number of ether oxygens (including phenoxy) is 2. The van der Waals surface area contributed by atoms with Gasteiger partial charge in [0.15, 0.2) is 12.7 Å². The van der Waals surface area contributed by atoms with Gasteiger partial charge in [0.25, 0.3) is 5.91 Å². The molecule has 5 nitrogen and oxygen atoms in total. The Morgan fingerprint density at radius 2 is 1.72 bits per heavy atom. The largest absolute Gasteiger partial charge is 0.479 e. The fourth-order valence-corrected chi connectivity index (χ4v) is 2.04. The van der Waals surface area contributed by atoms with Gasteiger partial charge in [0.05, 0.1) is 0 Å². The number of nitrogens with one attached hydrogen (secondary N) is 1. The van der Waals surface area contributed by atoms with Gasteiger partial charge in [-0.2, -0.15) is 0 Å². The number of benzene rings is 2. The van der Waals surface area contributed by atoms with Crippen LogP contribution in [0.1, 0.15) is 19.4 Å². The summed E-state index contributed by atoms with van der Waals surface area (Å²) >= 11 is 0. The van der Waals surface area contributed by atoms with Crippen LogP contribution in [0.15, 0.2) is 48.5 Å². The van der Waals surface area contributed by atoms with Crippen LogP contribution in [0.2, 0.25) is 0 Å². The molecule has 0 aliphatic carbocycles. The molecule has 1 N–H and O–H groups in total. The Morgan fingerprint density at radius 1 is 1.08 bits per heavy atom. The van der Waals surface area contributed by atoms with E-state index in [0.717, 1.165) is 12.0 Å². The SMILES string of the molecule is CCc1ccc(NC(=O)COC(=O)[C@H](C)Oc2ccc(F)cc2)cc1. The maximum atomic E-state index is 12.8. The lowest BCUT2D eigenvalue weighted by Crippen LogP contribution is -2.29. The van der Waals surface area contributed by atoms with E-state index in [1.54, 1.807) is 12.1 Å². The van der Waals surface area contributed by atoms with E-state index in [9.17, 15) is 14.0 Å². The molecule has 6 heteroatoms. The third kappa shape index (κ3) is 5.91. The Morgan fingerprint density at radius 3 is 2.32 bits per heavy atom. The Bertz CT molecular complexity index is 713. The molecule has 0 aliphatic heterocycles. The van der Waals surface area contributed by atoms with Crippen LogP contribution in [-0.2, 0) is 20.7 Å². The first-order chi connectivity index (χ1) is 12.0. The summed E-state index contributed by atoms with van der Waals surface area (Å²) in [6.45, 7) is 3.13. The molecule has 0 aromatic heterocycles. The van der Waals surface area contributed by atoms with Gasteiger partial charge in [-0.1, -0.05) is 19.1 Å². The Balaban J connectivity index is 1.77. The van der Waals surface area contributed by atoms with Crippen molar-refractivity contribution in [3.05, 3.63) is 59.9 Å². The van der Waals surface area contributed by atoms with Crippen molar-refractivity contribution in [1.82, 2.24) is 0 Å². The standard InChI is InChI=1S/C19H20FNO4/c1-3-14-4-8-16(9-5-14)21-18(22)12-24-19(23)13(2)25-17-10-6-15(20)7-11-17/h4-11,13H,3,12H2,1-2H3,(H,21,22)/t13-/m0/s1. The molecule has 0 fully saturated rings. The van der Waals surface area contributed by atoms with E-state index in [0.29, 0.717) is 11.4 Å². The highest BCUT2D eigenvalue weighted by Crippen LogP contribution is 2.14. The number of carbonyl (C=O) groups is 2. The summed E-state index contributed by atoms with van der Waals surface area (Å²) in [5.41, 5.74) is 1.80. The van der Waals surface area contributed by atoms with Crippen molar-refractivity contribution in [1.29, 1.82) is 0 Å². The number of carbonyl (C=O) groups excluding carboxylic acids is 2. The molecule has 25 heavy (non-hydrogen) atoms. The quantitative estimate of drug-likeness (QED) is 0.782. The number of halogens is 1. The zero-order valence-corrected chi connectivity index (χ0v) is 14.1. The fourth-order valence-electron chi connectivity index (χ4n) is 2.04. The molecular formula is C19H20FNO4. The zero-order valence-electron chi connectivity index (χ0n) is 14.1. The van der Waals surface area contributed by atoms with Gasteiger partial charge >= 0.3 is 5.97 Å². The number of aryl methyl sites for hydroxylation is 1. The topological polar surface area (TPSA) is 64.6 Å². The molecule has 0 saturated heterocycles. The maximum Gasteiger partial charge on any atom is 0.347 e. The van der Waals surface area contributed by atoms with Gasteiger partial charge in [-0.05, 0) is 55.3 Å². The van der Waals surface area contributed by atoms with Crippen molar-refractivity contribution in [2.24, 2.45) is 0 Å². The van der Waals surface area contributed by atoms with E-state index in [4.69, 9.17) is 9.47 Å². The molecule has 2 aromatic carbocycles. The number of anilines is 1. The van der Waals surface area contributed by atoms with E-state index < -0.39 is 30.4 Å². The first kappa shape index (κ1) is 18.4. The van der Waals surface area contributed by atoms with Crippen LogP contribution in [0.3, 0.4) is 0 Å². The minimum atomic E-state index is -0.915. The second-order valence-electron chi connectivity index (χ2n) is 5.42. The predicted octanol–water partition coefficient (Wildman–Crippen LogP) is 3.34. The highest BCUT2D eigenvalue weighted by molar-refractivity contribution is 5.93. The van der Waals surface area contributed by atoms with Crippen molar-refractivity contribution >= 4 is 17.6 Å². The minimum Gasteiger partial charge on any atom is -0.479 e. The molecule has 0 radical (unpaired) electrons. The molecule has 2 rings (SSSR count). The Hall–Kier alpha value is -2.89.